The van der Waals surface area contributed by atoms with Crippen LogP contribution in [0.3, 0.4) is 0 Å². The van der Waals surface area contributed by atoms with Gasteiger partial charge in [0.15, 0.2) is 0 Å². The minimum Gasteiger partial charge on any atom is -0.343 e. The standard InChI is InChI=1S/C21H29N2OP.C11H12N2O.C10H18ClP.C4H9.Li/c1-14-12-19-20(13-15(14)2)23(16(3)24)21(22-19)25(17-8-4-5-9-17)18-10-6-7-11-18;1-7-4-10-11(5-8(7)2)13(6-12-10)9(3)14;11-12(9-5-1-2-6-9)10-7-3-4-8-10;1-3-4-2;/h12-13,17-18H,4-11H2,1-3H3;4-6H,1-3H3;9-10H,1-8H2;1,3-4H2,2H3;/q;;;-1;+1. The number of imidazole rings is 2. The van der Waals surface area contributed by atoms with Crippen LogP contribution < -0.4 is 24.4 Å². The average Bonchev–Trinajstić information content (AvgIpc) is 4.02. The summed E-state index contributed by atoms with van der Waals surface area (Å²) >= 11 is 6.56. The summed E-state index contributed by atoms with van der Waals surface area (Å²) < 4.78 is 3.55. The molecule has 0 aliphatic heterocycles. The Labute approximate surface area is 358 Å². The second-order valence-electron chi connectivity index (χ2n) is 16.6. The summed E-state index contributed by atoms with van der Waals surface area (Å²) in [4.78, 5) is 33.1. The van der Waals surface area contributed by atoms with Gasteiger partial charge < -0.3 is 6.92 Å². The zero-order chi connectivity index (χ0) is 39.6. The third-order valence-corrected chi connectivity index (χ3v) is 19.9. The van der Waals surface area contributed by atoms with Crippen molar-refractivity contribution in [2.24, 2.45) is 0 Å². The van der Waals surface area contributed by atoms with Gasteiger partial charge in [-0.1, -0.05) is 76.0 Å². The molecule has 0 spiro atoms. The Morgan fingerprint density at radius 2 is 1.07 bits per heavy atom. The minimum absolute atomic E-state index is 0. The first kappa shape index (κ1) is 47.1. The van der Waals surface area contributed by atoms with Gasteiger partial charge in [-0.05, 0) is 163 Å². The SMILES string of the molecule is CC(=O)n1c(P(C2CCCC2)C2CCCC2)nc2cc(C)c(C)cc21.CC(=O)n1cnc2cc(C)c(C)cc21.ClP(C1CCCC1)C1CCCC1.[CH2-]CCC.[Li+]. The molecule has 4 aliphatic rings. The molecule has 4 saturated carbocycles. The van der Waals surface area contributed by atoms with Crippen LogP contribution >= 0.6 is 26.4 Å². The molecule has 0 saturated heterocycles. The number of nitrogens with zero attached hydrogens (tertiary/aromatic N) is 4. The van der Waals surface area contributed by atoms with Gasteiger partial charge in [0.05, 0.1) is 22.1 Å². The molecule has 6 nitrogen and oxygen atoms in total. The summed E-state index contributed by atoms with van der Waals surface area (Å²) in [6.07, 6.45) is 26.1. The summed E-state index contributed by atoms with van der Waals surface area (Å²) in [5, 5.41) is 0. The molecule has 0 N–H and O–H groups in total. The van der Waals surface area contributed by atoms with E-state index in [0.29, 0.717) is 0 Å². The van der Waals surface area contributed by atoms with E-state index >= 15 is 0 Å². The Balaban J connectivity index is 0.000000190. The molecule has 302 valence electrons. The normalized spacial score (nSPS) is 17.8. The van der Waals surface area contributed by atoms with E-state index in [1.54, 1.807) is 17.8 Å². The van der Waals surface area contributed by atoms with Gasteiger partial charge >= 0.3 is 18.9 Å². The van der Waals surface area contributed by atoms with E-state index in [9.17, 15) is 9.59 Å². The maximum Gasteiger partial charge on any atom is 1.00 e. The van der Waals surface area contributed by atoms with Gasteiger partial charge in [-0.3, -0.25) is 18.7 Å². The van der Waals surface area contributed by atoms with Gasteiger partial charge in [-0.25, -0.2) is 9.97 Å². The number of halogens is 1. The van der Waals surface area contributed by atoms with E-state index in [4.69, 9.17) is 16.2 Å². The molecule has 2 aromatic carbocycles. The fraction of sp³-hybridized carbons (Fsp3) is 0.630. The summed E-state index contributed by atoms with van der Waals surface area (Å²) in [7, 11) is -0.457. The summed E-state index contributed by atoms with van der Waals surface area (Å²) in [6, 6.07) is 8.34. The van der Waals surface area contributed by atoms with Crippen LogP contribution in [-0.2, 0) is 0 Å². The predicted octanol–water partition coefficient (Wildman–Crippen LogP) is 10.8. The van der Waals surface area contributed by atoms with E-state index in [0.717, 1.165) is 56.7 Å². The summed E-state index contributed by atoms with van der Waals surface area (Å²) in [5.41, 5.74) is 13.2. The second-order valence-corrected chi connectivity index (χ2v) is 22.6. The van der Waals surface area contributed by atoms with Crippen molar-refractivity contribution in [2.75, 3.05) is 0 Å². The van der Waals surface area contributed by atoms with E-state index < -0.39 is 0 Å². The van der Waals surface area contributed by atoms with Crippen molar-refractivity contribution in [3.05, 3.63) is 59.8 Å². The van der Waals surface area contributed by atoms with Gasteiger partial charge in [0.1, 0.15) is 11.9 Å². The molecular formula is C46H68ClLiN4O2P2. The first-order valence-electron chi connectivity index (χ1n) is 21.4. The minimum atomic E-state index is -0.346. The molecule has 2 heterocycles. The van der Waals surface area contributed by atoms with Crippen LogP contribution in [-0.4, -0.2) is 53.6 Å². The zero-order valence-electron chi connectivity index (χ0n) is 36.0. The monoisotopic (exact) mass is 812 g/mol. The third-order valence-electron chi connectivity index (χ3n) is 12.4. The van der Waals surface area contributed by atoms with E-state index in [-0.39, 0.29) is 45.9 Å². The average molecular weight is 813 g/mol. The second kappa shape index (κ2) is 22.7. The van der Waals surface area contributed by atoms with Gasteiger partial charge in [0.25, 0.3) is 0 Å². The van der Waals surface area contributed by atoms with E-state index in [1.807, 2.05) is 30.5 Å². The molecule has 0 amide bonds. The largest absolute Gasteiger partial charge is 1.00 e. The van der Waals surface area contributed by atoms with Crippen molar-refractivity contribution in [1.29, 1.82) is 0 Å². The van der Waals surface area contributed by atoms with Crippen molar-refractivity contribution in [1.82, 2.24) is 19.1 Å². The number of unbranched alkanes of at least 4 members (excludes halogenated alkanes) is 1. The fourth-order valence-electron chi connectivity index (χ4n) is 8.91. The van der Waals surface area contributed by atoms with Crippen molar-refractivity contribution in [3.63, 3.8) is 0 Å². The van der Waals surface area contributed by atoms with E-state index in [2.05, 4.69) is 44.8 Å². The van der Waals surface area contributed by atoms with Crippen LogP contribution in [0, 0.1) is 34.6 Å². The number of carbonyl (C=O) groups is 2. The van der Waals surface area contributed by atoms with Crippen LogP contribution in [0.2, 0.25) is 0 Å². The molecule has 56 heavy (non-hydrogen) atoms. The number of benzene rings is 2. The number of rotatable bonds is 6. The first-order valence-corrected chi connectivity index (χ1v) is 25.3. The number of aromatic nitrogens is 4. The van der Waals surface area contributed by atoms with Gasteiger partial charge in [0.2, 0.25) is 11.8 Å². The molecule has 0 unspecified atom stereocenters. The van der Waals surface area contributed by atoms with Crippen LogP contribution in [0.4, 0.5) is 0 Å². The molecular weight excluding hydrogens is 745 g/mol. The molecule has 10 heteroatoms. The maximum atomic E-state index is 12.6. The van der Waals surface area contributed by atoms with E-state index in [1.165, 1.54) is 138 Å². The van der Waals surface area contributed by atoms with Crippen LogP contribution in [0.1, 0.15) is 168 Å². The van der Waals surface area contributed by atoms with Gasteiger partial charge in [-0.2, -0.15) is 6.42 Å². The molecule has 0 atom stereocenters. The number of carbonyl (C=O) groups excluding carboxylic acids is 2. The zero-order valence-corrected chi connectivity index (χ0v) is 38.6. The Bertz CT molecular complexity index is 1830. The molecule has 4 aliphatic carbocycles. The van der Waals surface area contributed by atoms with Crippen molar-refractivity contribution in [3.8, 4) is 0 Å². The van der Waals surface area contributed by atoms with Gasteiger partial charge in [0, 0.05) is 13.8 Å². The Morgan fingerprint density at radius 1 is 0.679 bits per heavy atom. The molecule has 4 fully saturated rings. The third kappa shape index (κ3) is 11.8. The Hall–Kier alpha value is -1.53. The number of hydrogen-bond acceptors (Lipinski definition) is 4. The molecule has 2 aromatic heterocycles. The Kier molecular flexibility index (Phi) is 19.1. The number of fused-ring (bicyclic) bond motifs is 2. The molecule has 0 radical (unpaired) electrons. The topological polar surface area (TPSA) is 69.8 Å². The maximum absolute atomic E-state index is 12.6. The fourth-order valence-corrected chi connectivity index (χ4v) is 16.2. The summed E-state index contributed by atoms with van der Waals surface area (Å²) in [5.74, 6) is 0.125. The van der Waals surface area contributed by atoms with Crippen molar-refractivity contribution in [2.45, 2.75) is 187 Å². The van der Waals surface area contributed by atoms with Crippen LogP contribution in [0.25, 0.3) is 22.1 Å². The first-order chi connectivity index (χ1) is 26.4. The molecule has 4 aromatic rings. The van der Waals surface area contributed by atoms with Crippen LogP contribution in [0.5, 0.6) is 0 Å². The molecule has 8 rings (SSSR count). The smallest absolute Gasteiger partial charge is 0.343 e. The predicted molar refractivity (Wildman–Crippen MR) is 240 cm³/mol. The van der Waals surface area contributed by atoms with Gasteiger partial charge in [-0.15, -0.1) is 0 Å². The van der Waals surface area contributed by atoms with Crippen LogP contribution in [0.15, 0.2) is 30.6 Å². The van der Waals surface area contributed by atoms with Crippen molar-refractivity contribution >= 4 is 65.9 Å². The quantitative estimate of drug-likeness (QED) is 0.110. The number of aryl methyl sites for hydroxylation is 4. The molecule has 0 bridgehead atoms. The summed E-state index contributed by atoms with van der Waals surface area (Å²) in [6.45, 7) is 17.3. The van der Waals surface area contributed by atoms with Crippen molar-refractivity contribution < 1.29 is 28.4 Å². The Morgan fingerprint density at radius 3 is 1.48 bits per heavy atom. The number of hydrogen-bond donors (Lipinski definition) is 0.